The van der Waals surface area contributed by atoms with E-state index >= 15 is 0 Å². The lowest BCUT2D eigenvalue weighted by Crippen LogP contribution is -2.35. The number of nitrogens with zero attached hydrogens (tertiary/aromatic N) is 3. The Labute approximate surface area is 89.6 Å². The molecule has 0 saturated carbocycles. The van der Waals surface area contributed by atoms with Crippen LogP contribution >= 0.6 is 0 Å². The largest absolute Gasteiger partial charge is 0.390 e. The lowest BCUT2D eigenvalue weighted by molar-refractivity contribution is 0.304. The molecule has 0 radical (unpaired) electrons. The predicted octanol–water partition coefficient (Wildman–Crippen LogP) is 1.52. The molecular weight excluding hydrogens is 192 g/mol. The standard InChI is InChI=1S/C10H18N4O/c1-7(2)8-3-5-14(6-4-8)10-13-12-9(11)15-10/h7-8H,3-6H2,1-2H3,(H2,11,12). The number of nitrogen functional groups attached to an aromatic ring is 1. The molecule has 0 amide bonds. The van der Waals surface area contributed by atoms with Crippen molar-refractivity contribution in [2.75, 3.05) is 23.7 Å². The molecule has 2 heterocycles. The molecule has 0 aliphatic carbocycles. The van der Waals surface area contributed by atoms with Gasteiger partial charge in [-0.3, -0.25) is 0 Å². The summed E-state index contributed by atoms with van der Waals surface area (Å²) < 4.78 is 5.20. The number of nitrogens with two attached hydrogens (primary N) is 1. The molecule has 5 heteroatoms. The van der Waals surface area contributed by atoms with E-state index in [1.54, 1.807) is 0 Å². The first kappa shape index (κ1) is 10.3. The molecule has 1 saturated heterocycles. The minimum atomic E-state index is 0.149. The van der Waals surface area contributed by atoms with E-state index in [4.69, 9.17) is 10.2 Å². The zero-order chi connectivity index (χ0) is 10.8. The Morgan fingerprint density at radius 3 is 2.47 bits per heavy atom. The molecule has 5 nitrogen and oxygen atoms in total. The first-order valence-corrected chi connectivity index (χ1v) is 5.50. The second-order valence-electron chi connectivity index (χ2n) is 4.49. The van der Waals surface area contributed by atoms with Crippen molar-refractivity contribution in [1.82, 2.24) is 10.2 Å². The third-order valence-corrected chi connectivity index (χ3v) is 3.18. The minimum absolute atomic E-state index is 0.149. The number of rotatable bonds is 2. The van der Waals surface area contributed by atoms with Crippen molar-refractivity contribution in [1.29, 1.82) is 0 Å². The molecule has 0 spiro atoms. The van der Waals surface area contributed by atoms with E-state index in [9.17, 15) is 0 Å². The normalized spacial score (nSPS) is 18.7. The molecule has 1 aromatic heterocycles. The van der Waals surface area contributed by atoms with Gasteiger partial charge in [0.05, 0.1) is 0 Å². The number of hydrogen-bond donors (Lipinski definition) is 1. The summed E-state index contributed by atoms with van der Waals surface area (Å²) in [6.45, 7) is 6.55. The van der Waals surface area contributed by atoms with E-state index in [1.165, 1.54) is 12.8 Å². The fourth-order valence-corrected chi connectivity index (χ4v) is 2.11. The number of piperidine rings is 1. The average molecular weight is 210 g/mol. The van der Waals surface area contributed by atoms with Crippen molar-refractivity contribution >= 4 is 12.0 Å². The quantitative estimate of drug-likeness (QED) is 0.801. The topological polar surface area (TPSA) is 68.2 Å². The summed E-state index contributed by atoms with van der Waals surface area (Å²) in [6.07, 6.45) is 2.39. The summed E-state index contributed by atoms with van der Waals surface area (Å²) in [5.74, 6) is 1.58. The Balaban J connectivity index is 1.93. The van der Waals surface area contributed by atoms with Crippen molar-refractivity contribution in [3.63, 3.8) is 0 Å². The van der Waals surface area contributed by atoms with Gasteiger partial charge in [0.2, 0.25) is 0 Å². The summed E-state index contributed by atoms with van der Waals surface area (Å²) in [7, 11) is 0. The highest BCUT2D eigenvalue weighted by molar-refractivity contribution is 5.28. The van der Waals surface area contributed by atoms with Crippen LogP contribution in [0.2, 0.25) is 0 Å². The van der Waals surface area contributed by atoms with E-state index < -0.39 is 0 Å². The van der Waals surface area contributed by atoms with Crippen LogP contribution in [0.15, 0.2) is 4.42 Å². The van der Waals surface area contributed by atoms with Gasteiger partial charge in [0, 0.05) is 13.1 Å². The molecule has 15 heavy (non-hydrogen) atoms. The van der Waals surface area contributed by atoms with Crippen LogP contribution in [-0.2, 0) is 0 Å². The summed E-state index contributed by atoms with van der Waals surface area (Å²) in [6, 6.07) is 0.714. The fraction of sp³-hybridized carbons (Fsp3) is 0.800. The molecule has 0 atom stereocenters. The Morgan fingerprint density at radius 2 is 2.00 bits per heavy atom. The first-order chi connectivity index (χ1) is 7.16. The Morgan fingerprint density at radius 1 is 1.33 bits per heavy atom. The number of aromatic nitrogens is 2. The molecule has 1 aliphatic rings. The van der Waals surface area contributed by atoms with Gasteiger partial charge in [-0.2, -0.15) is 0 Å². The molecule has 2 rings (SSSR count). The van der Waals surface area contributed by atoms with Gasteiger partial charge in [0.1, 0.15) is 0 Å². The Bertz CT molecular complexity index is 315. The number of anilines is 2. The highest BCUT2D eigenvalue weighted by Gasteiger charge is 2.24. The number of hydrogen-bond acceptors (Lipinski definition) is 5. The maximum atomic E-state index is 5.39. The molecule has 1 aliphatic heterocycles. The van der Waals surface area contributed by atoms with Crippen LogP contribution in [-0.4, -0.2) is 23.3 Å². The zero-order valence-corrected chi connectivity index (χ0v) is 9.31. The molecule has 2 N–H and O–H groups in total. The predicted molar refractivity (Wildman–Crippen MR) is 58.5 cm³/mol. The van der Waals surface area contributed by atoms with Crippen LogP contribution in [0.5, 0.6) is 0 Å². The Hall–Kier alpha value is -1.26. The first-order valence-electron chi connectivity index (χ1n) is 5.50. The van der Waals surface area contributed by atoms with Crippen LogP contribution in [0, 0.1) is 11.8 Å². The van der Waals surface area contributed by atoms with Crippen molar-refractivity contribution in [2.45, 2.75) is 26.7 Å². The smallest absolute Gasteiger partial charge is 0.319 e. The third kappa shape index (κ3) is 2.22. The zero-order valence-electron chi connectivity index (χ0n) is 9.31. The SMILES string of the molecule is CC(C)C1CCN(c2nnc(N)o2)CC1. The molecule has 0 unspecified atom stereocenters. The van der Waals surface area contributed by atoms with Gasteiger partial charge in [-0.25, -0.2) is 0 Å². The minimum Gasteiger partial charge on any atom is -0.390 e. The van der Waals surface area contributed by atoms with Crippen LogP contribution < -0.4 is 10.6 Å². The van der Waals surface area contributed by atoms with Gasteiger partial charge < -0.3 is 15.1 Å². The second kappa shape index (κ2) is 4.08. The van der Waals surface area contributed by atoms with Gasteiger partial charge in [-0.1, -0.05) is 24.0 Å². The second-order valence-corrected chi connectivity index (χ2v) is 4.49. The summed E-state index contributed by atoms with van der Waals surface area (Å²) in [4.78, 5) is 2.11. The molecule has 84 valence electrons. The van der Waals surface area contributed by atoms with Crippen LogP contribution in [0.3, 0.4) is 0 Å². The fourth-order valence-electron chi connectivity index (χ4n) is 2.11. The van der Waals surface area contributed by atoms with Gasteiger partial charge in [-0.05, 0) is 24.7 Å². The van der Waals surface area contributed by atoms with Crippen molar-refractivity contribution in [2.24, 2.45) is 11.8 Å². The lowest BCUT2D eigenvalue weighted by atomic mass is 9.87. The molecule has 0 aromatic carbocycles. The molecule has 1 fully saturated rings. The van der Waals surface area contributed by atoms with Gasteiger partial charge in [0.15, 0.2) is 0 Å². The third-order valence-electron chi connectivity index (χ3n) is 3.18. The van der Waals surface area contributed by atoms with E-state index in [1.807, 2.05) is 0 Å². The molecule has 1 aromatic rings. The summed E-state index contributed by atoms with van der Waals surface area (Å²) in [5, 5.41) is 7.56. The van der Waals surface area contributed by atoms with Gasteiger partial charge in [-0.15, -0.1) is 0 Å². The maximum Gasteiger partial charge on any atom is 0.319 e. The van der Waals surface area contributed by atoms with E-state index in [-0.39, 0.29) is 6.01 Å². The summed E-state index contributed by atoms with van der Waals surface area (Å²) >= 11 is 0. The lowest BCUT2D eigenvalue weighted by Gasteiger charge is -2.32. The summed E-state index contributed by atoms with van der Waals surface area (Å²) in [5.41, 5.74) is 5.39. The molecular formula is C10H18N4O. The Kier molecular flexibility index (Phi) is 2.79. The van der Waals surface area contributed by atoms with E-state index in [2.05, 4.69) is 28.9 Å². The molecule has 0 bridgehead atoms. The van der Waals surface area contributed by atoms with Gasteiger partial charge >= 0.3 is 12.0 Å². The van der Waals surface area contributed by atoms with Crippen molar-refractivity contribution < 1.29 is 4.42 Å². The van der Waals surface area contributed by atoms with Gasteiger partial charge in [0.25, 0.3) is 0 Å². The van der Waals surface area contributed by atoms with E-state index in [0.717, 1.165) is 24.9 Å². The van der Waals surface area contributed by atoms with Crippen molar-refractivity contribution in [3.8, 4) is 0 Å². The average Bonchev–Trinajstić information content (AvgIpc) is 2.65. The highest BCUT2D eigenvalue weighted by atomic mass is 16.4. The van der Waals surface area contributed by atoms with E-state index in [0.29, 0.717) is 6.01 Å². The van der Waals surface area contributed by atoms with Crippen LogP contribution in [0.4, 0.5) is 12.0 Å². The highest BCUT2D eigenvalue weighted by Crippen LogP contribution is 2.27. The van der Waals surface area contributed by atoms with Crippen LogP contribution in [0.1, 0.15) is 26.7 Å². The maximum absolute atomic E-state index is 5.39. The van der Waals surface area contributed by atoms with Crippen LogP contribution in [0.25, 0.3) is 0 Å². The van der Waals surface area contributed by atoms with Crippen molar-refractivity contribution in [3.05, 3.63) is 0 Å². The monoisotopic (exact) mass is 210 g/mol.